The van der Waals surface area contributed by atoms with Gasteiger partial charge >= 0.3 is 0 Å². The highest BCUT2D eigenvalue weighted by molar-refractivity contribution is 6.22. The molecule has 0 saturated heterocycles. The van der Waals surface area contributed by atoms with Crippen molar-refractivity contribution in [2.24, 2.45) is 0 Å². The Morgan fingerprint density at radius 1 is 0.581 bits per heavy atom. The van der Waals surface area contributed by atoms with E-state index in [2.05, 4.69) is 116 Å². The lowest BCUT2D eigenvalue weighted by Gasteiger charge is -2.22. The number of rotatable bonds is 2. The molecule has 5 aromatic carbocycles. The zero-order chi connectivity index (χ0) is 21.7. The van der Waals surface area contributed by atoms with Crippen LogP contribution in [0.15, 0.2) is 66.7 Å². The smallest absolute Gasteiger partial charge is 0.133 e. The van der Waals surface area contributed by atoms with Crippen LogP contribution in [-0.2, 0) is 0 Å². The molecule has 5 aromatic rings. The number of fused-ring (bicyclic) bond motifs is 4. The van der Waals surface area contributed by atoms with E-state index in [1.54, 1.807) is 0 Å². The summed E-state index contributed by atoms with van der Waals surface area (Å²) >= 11 is 0. The number of benzene rings is 5. The van der Waals surface area contributed by atoms with Gasteiger partial charge in [-0.2, -0.15) is 0 Å². The molecule has 149 valence electrons. The van der Waals surface area contributed by atoms with Crippen LogP contribution in [0.4, 0.5) is 0 Å². The van der Waals surface area contributed by atoms with E-state index in [1.807, 2.05) is 0 Å². The van der Waals surface area contributed by atoms with Crippen molar-refractivity contribution in [1.82, 2.24) is 0 Å². The van der Waals surface area contributed by atoms with Gasteiger partial charge in [-0.05, 0) is 102 Å². The fraction of sp³-hybridized carbons (Fsp3) is 0.200. The summed E-state index contributed by atoms with van der Waals surface area (Å²) in [6.07, 6.45) is 0. The summed E-state index contributed by atoms with van der Waals surface area (Å²) in [6.45, 7) is 9.26. The summed E-state index contributed by atoms with van der Waals surface area (Å²) < 4.78 is 0. The van der Waals surface area contributed by atoms with E-state index in [0.29, 0.717) is 11.8 Å². The van der Waals surface area contributed by atoms with Crippen LogP contribution >= 0.6 is 0 Å². The van der Waals surface area contributed by atoms with Crippen molar-refractivity contribution in [1.29, 1.82) is 0 Å². The maximum Gasteiger partial charge on any atom is 0.147 e. The summed E-state index contributed by atoms with van der Waals surface area (Å²) in [5.74, 6) is 3.99. The Kier molecular flexibility index (Phi) is 4.84. The molecule has 0 nitrogen and oxygen atoms in total. The Hall–Kier alpha value is -3.08. The van der Waals surface area contributed by atoms with E-state index in [4.69, 9.17) is 0 Å². The van der Waals surface area contributed by atoms with Gasteiger partial charge in [0.05, 0.1) is 0 Å². The van der Waals surface area contributed by atoms with Crippen LogP contribution in [0.1, 0.15) is 56.2 Å². The average Bonchev–Trinajstić information content (AvgIpc) is 2.74. The molecule has 3 radical (unpaired) electrons. The van der Waals surface area contributed by atoms with Crippen molar-refractivity contribution in [3.8, 4) is 11.5 Å². The van der Waals surface area contributed by atoms with E-state index < -0.39 is 0 Å². The first-order valence-electron chi connectivity index (χ1n) is 11.0. The van der Waals surface area contributed by atoms with Crippen LogP contribution in [-0.4, -0.2) is 10.2 Å². The third kappa shape index (κ3) is 3.23. The molecular formula is C30H25Si. The van der Waals surface area contributed by atoms with Crippen LogP contribution in [0, 0.1) is 11.5 Å². The van der Waals surface area contributed by atoms with Gasteiger partial charge in [0.1, 0.15) is 10.2 Å². The fourth-order valence-corrected chi connectivity index (χ4v) is 5.26. The Balaban J connectivity index is 2.03. The van der Waals surface area contributed by atoms with Gasteiger partial charge in [0.25, 0.3) is 0 Å². The van der Waals surface area contributed by atoms with E-state index in [-0.39, 0.29) is 0 Å². The van der Waals surface area contributed by atoms with E-state index in [0.717, 1.165) is 5.56 Å². The van der Waals surface area contributed by atoms with Gasteiger partial charge in [0.2, 0.25) is 0 Å². The second kappa shape index (κ2) is 7.56. The van der Waals surface area contributed by atoms with Crippen molar-refractivity contribution in [2.45, 2.75) is 39.5 Å². The van der Waals surface area contributed by atoms with Crippen molar-refractivity contribution in [3.63, 3.8) is 0 Å². The molecule has 0 amide bonds. The molecule has 0 bridgehead atoms. The Morgan fingerprint density at radius 3 is 1.48 bits per heavy atom. The summed E-state index contributed by atoms with van der Waals surface area (Å²) in [5, 5.41) is 10.7. The minimum absolute atomic E-state index is 0.426. The average molecular weight is 414 g/mol. The monoisotopic (exact) mass is 413 g/mol. The molecule has 0 heterocycles. The van der Waals surface area contributed by atoms with Crippen molar-refractivity contribution >= 4 is 53.3 Å². The zero-order valence-electron chi connectivity index (χ0n) is 18.5. The largest absolute Gasteiger partial charge is 0.147 e. The highest BCUT2D eigenvalue weighted by atomic mass is 28.1. The molecule has 0 aromatic heterocycles. The molecule has 0 atom stereocenters. The minimum Gasteiger partial charge on any atom is -0.133 e. The lowest BCUT2D eigenvalue weighted by molar-refractivity contribution is 0.873. The lowest BCUT2D eigenvalue weighted by Crippen LogP contribution is -1.99. The molecule has 0 fully saturated rings. The third-order valence-electron chi connectivity index (χ3n) is 6.38. The molecule has 0 N–H and O–H groups in total. The van der Waals surface area contributed by atoms with Crippen molar-refractivity contribution in [3.05, 3.63) is 83.4 Å². The molecule has 0 aliphatic heterocycles. The van der Waals surface area contributed by atoms with E-state index in [1.165, 1.54) is 54.2 Å². The molecule has 31 heavy (non-hydrogen) atoms. The highest BCUT2D eigenvalue weighted by Crippen LogP contribution is 2.42. The molecule has 0 aliphatic rings. The maximum absolute atomic E-state index is 3.28. The number of hydrogen-bond acceptors (Lipinski definition) is 0. The molecule has 0 unspecified atom stereocenters. The molecular weight excluding hydrogens is 388 g/mol. The molecule has 1 heteroatoms. The summed E-state index contributed by atoms with van der Waals surface area (Å²) in [6, 6.07) is 24.8. The first-order chi connectivity index (χ1) is 15.0. The van der Waals surface area contributed by atoms with E-state index in [9.17, 15) is 0 Å². The maximum atomic E-state index is 3.28. The quantitative estimate of drug-likeness (QED) is 0.156. The Morgan fingerprint density at radius 2 is 1.03 bits per heavy atom. The Labute approximate surface area is 187 Å². The predicted octanol–water partition coefficient (Wildman–Crippen LogP) is 8.02. The van der Waals surface area contributed by atoms with Gasteiger partial charge in [0, 0.05) is 5.56 Å². The zero-order valence-corrected chi connectivity index (χ0v) is 19.5. The first-order valence-corrected chi connectivity index (χ1v) is 11.5. The summed E-state index contributed by atoms with van der Waals surface area (Å²) in [4.78, 5) is 0. The molecule has 0 saturated carbocycles. The van der Waals surface area contributed by atoms with Gasteiger partial charge in [-0.25, -0.2) is 0 Å². The topological polar surface area (TPSA) is 0 Å². The normalized spacial score (nSPS) is 11.7. The van der Waals surface area contributed by atoms with Crippen LogP contribution < -0.4 is 0 Å². The van der Waals surface area contributed by atoms with Gasteiger partial charge in [-0.1, -0.05) is 63.9 Å². The third-order valence-corrected chi connectivity index (χ3v) is 6.51. The lowest BCUT2D eigenvalue weighted by atomic mass is 9.82. The van der Waals surface area contributed by atoms with Crippen LogP contribution in [0.3, 0.4) is 0 Å². The first kappa shape index (κ1) is 19.9. The highest BCUT2D eigenvalue weighted by Gasteiger charge is 2.19. The van der Waals surface area contributed by atoms with Crippen LogP contribution in [0.25, 0.3) is 43.1 Å². The second-order valence-corrected chi connectivity index (χ2v) is 9.34. The minimum atomic E-state index is 0.426. The van der Waals surface area contributed by atoms with Crippen molar-refractivity contribution in [2.75, 3.05) is 0 Å². The molecule has 0 spiro atoms. The molecule has 0 aliphatic carbocycles. The van der Waals surface area contributed by atoms with Crippen LogP contribution in [0.2, 0.25) is 0 Å². The number of hydrogen-bond donors (Lipinski definition) is 0. The Bertz CT molecular complexity index is 1540. The van der Waals surface area contributed by atoms with Gasteiger partial charge in [0.15, 0.2) is 0 Å². The predicted molar refractivity (Wildman–Crippen MR) is 137 cm³/mol. The van der Waals surface area contributed by atoms with Gasteiger partial charge < -0.3 is 0 Å². The van der Waals surface area contributed by atoms with Crippen LogP contribution in [0.5, 0.6) is 0 Å². The summed E-state index contributed by atoms with van der Waals surface area (Å²) in [5.41, 5.74) is 6.76. The SMILES string of the molecule is CC(C)c1c2cc3ccccc3cc2c(C(C)C)c2cc3cc(C#C[Si])ccc3cc12. The second-order valence-electron chi connectivity index (χ2n) is 9.09. The standard InChI is InChI=1S/C30H25Si/c1-18(2)29-25-14-21-7-5-6-8-22(21)15-26(25)30(19(3)4)28-17-24-13-20(11-12-31)9-10-23(24)16-27(28)29/h5-10,13-19H,1-4H3. The fourth-order valence-electron chi connectivity index (χ4n) is 5.11. The van der Waals surface area contributed by atoms with Gasteiger partial charge in [-0.3, -0.25) is 0 Å². The summed E-state index contributed by atoms with van der Waals surface area (Å²) in [7, 11) is 3.28. The van der Waals surface area contributed by atoms with E-state index >= 15 is 0 Å². The van der Waals surface area contributed by atoms with Gasteiger partial charge in [-0.15, -0.1) is 5.54 Å². The van der Waals surface area contributed by atoms with Crippen molar-refractivity contribution < 1.29 is 0 Å². The molecule has 5 rings (SSSR count).